The minimum absolute atomic E-state index is 0.211. The van der Waals surface area contributed by atoms with Gasteiger partial charge in [0, 0.05) is 18.6 Å². The highest BCUT2D eigenvalue weighted by Crippen LogP contribution is 2.49. The standard InChI is InChI=1S/C15H18O2/c1-17-15-10-6-2-3-9-13(15)11-7-4-5-8-12(11)14(15)16/h4-5,7-8,13H,2-3,6,9-10H2,1H3/t13-,15-/m1/s1. The third-order valence-corrected chi connectivity index (χ3v) is 4.43. The second-order valence-corrected chi connectivity index (χ2v) is 5.16. The highest BCUT2D eigenvalue weighted by Gasteiger charge is 2.53. The van der Waals surface area contributed by atoms with Crippen LogP contribution in [-0.2, 0) is 4.74 Å². The number of hydrogen-bond donors (Lipinski definition) is 0. The predicted molar refractivity (Wildman–Crippen MR) is 66.3 cm³/mol. The van der Waals surface area contributed by atoms with Crippen molar-refractivity contribution in [2.75, 3.05) is 7.11 Å². The van der Waals surface area contributed by atoms with Gasteiger partial charge < -0.3 is 4.74 Å². The Hall–Kier alpha value is -1.15. The summed E-state index contributed by atoms with van der Waals surface area (Å²) >= 11 is 0. The lowest BCUT2D eigenvalue weighted by molar-refractivity contribution is -0.0128. The summed E-state index contributed by atoms with van der Waals surface area (Å²) in [5, 5.41) is 0. The van der Waals surface area contributed by atoms with Crippen LogP contribution in [0.15, 0.2) is 24.3 Å². The molecule has 0 unspecified atom stereocenters. The molecule has 2 aliphatic rings. The topological polar surface area (TPSA) is 26.3 Å². The molecule has 1 fully saturated rings. The first-order valence-corrected chi connectivity index (χ1v) is 6.48. The predicted octanol–water partition coefficient (Wildman–Crippen LogP) is 3.32. The molecule has 0 saturated heterocycles. The van der Waals surface area contributed by atoms with Crippen LogP contribution in [0.25, 0.3) is 0 Å². The molecule has 0 aromatic heterocycles. The van der Waals surface area contributed by atoms with E-state index in [1.807, 2.05) is 18.2 Å². The summed E-state index contributed by atoms with van der Waals surface area (Å²) in [5.41, 5.74) is 1.54. The van der Waals surface area contributed by atoms with Gasteiger partial charge >= 0.3 is 0 Å². The second-order valence-electron chi connectivity index (χ2n) is 5.16. The molecule has 0 N–H and O–H groups in total. The molecule has 1 saturated carbocycles. The van der Waals surface area contributed by atoms with Gasteiger partial charge in [0.25, 0.3) is 0 Å². The number of rotatable bonds is 1. The number of carbonyl (C=O) groups is 1. The Bertz CT molecular complexity index is 452. The Labute approximate surface area is 102 Å². The summed E-state index contributed by atoms with van der Waals surface area (Å²) in [6.45, 7) is 0. The molecule has 1 aromatic carbocycles. The fourth-order valence-corrected chi connectivity index (χ4v) is 3.57. The van der Waals surface area contributed by atoms with E-state index in [4.69, 9.17) is 4.74 Å². The molecule has 90 valence electrons. The van der Waals surface area contributed by atoms with Crippen molar-refractivity contribution in [2.24, 2.45) is 0 Å². The molecule has 2 nitrogen and oxygen atoms in total. The molecule has 0 radical (unpaired) electrons. The lowest BCUT2D eigenvalue weighted by Crippen LogP contribution is -2.40. The van der Waals surface area contributed by atoms with E-state index in [2.05, 4.69) is 6.07 Å². The number of ether oxygens (including phenoxy) is 1. The van der Waals surface area contributed by atoms with Gasteiger partial charge in [-0.05, 0) is 18.4 Å². The van der Waals surface area contributed by atoms with Gasteiger partial charge in [0.05, 0.1) is 0 Å². The number of methoxy groups -OCH3 is 1. The minimum atomic E-state index is -0.555. The van der Waals surface area contributed by atoms with E-state index in [0.29, 0.717) is 0 Å². The largest absolute Gasteiger partial charge is 0.369 e. The van der Waals surface area contributed by atoms with Crippen molar-refractivity contribution in [3.63, 3.8) is 0 Å². The van der Waals surface area contributed by atoms with Gasteiger partial charge in [0.1, 0.15) is 5.60 Å². The maximum atomic E-state index is 12.6. The Morgan fingerprint density at radius 1 is 1.24 bits per heavy atom. The summed E-state index contributed by atoms with van der Waals surface area (Å²) in [7, 11) is 1.70. The Morgan fingerprint density at radius 3 is 2.88 bits per heavy atom. The molecule has 1 aromatic rings. The Balaban J connectivity index is 2.15. The van der Waals surface area contributed by atoms with Crippen LogP contribution in [0.1, 0.15) is 53.9 Å². The Kier molecular flexibility index (Phi) is 2.55. The summed E-state index contributed by atoms with van der Waals surface area (Å²) in [4.78, 5) is 12.6. The molecular weight excluding hydrogens is 212 g/mol. The van der Waals surface area contributed by atoms with Crippen LogP contribution in [-0.4, -0.2) is 18.5 Å². The van der Waals surface area contributed by atoms with Crippen LogP contribution >= 0.6 is 0 Å². The van der Waals surface area contributed by atoms with Crippen LogP contribution in [0.2, 0.25) is 0 Å². The van der Waals surface area contributed by atoms with Gasteiger partial charge in [0.2, 0.25) is 0 Å². The summed E-state index contributed by atoms with van der Waals surface area (Å²) in [5.74, 6) is 0.487. The zero-order chi connectivity index (χ0) is 11.9. The van der Waals surface area contributed by atoms with Crippen molar-refractivity contribution in [3.8, 4) is 0 Å². The Morgan fingerprint density at radius 2 is 2.06 bits per heavy atom. The van der Waals surface area contributed by atoms with Crippen molar-refractivity contribution >= 4 is 5.78 Å². The van der Waals surface area contributed by atoms with E-state index in [0.717, 1.165) is 24.8 Å². The highest BCUT2D eigenvalue weighted by atomic mass is 16.5. The maximum Gasteiger partial charge on any atom is 0.195 e. The quantitative estimate of drug-likeness (QED) is 0.739. The molecule has 0 heterocycles. The van der Waals surface area contributed by atoms with Crippen molar-refractivity contribution in [1.29, 1.82) is 0 Å². The zero-order valence-electron chi connectivity index (χ0n) is 10.2. The molecule has 2 heteroatoms. The molecular formula is C15H18O2. The fourth-order valence-electron chi connectivity index (χ4n) is 3.57. The number of ketones is 1. The van der Waals surface area contributed by atoms with Crippen molar-refractivity contribution < 1.29 is 9.53 Å². The van der Waals surface area contributed by atoms with E-state index in [1.54, 1.807) is 7.11 Å². The van der Waals surface area contributed by atoms with Gasteiger partial charge in [-0.15, -0.1) is 0 Å². The number of carbonyl (C=O) groups excluding carboxylic acids is 1. The summed E-state index contributed by atoms with van der Waals surface area (Å²) in [6, 6.07) is 8.03. The molecule has 3 rings (SSSR count). The first kappa shape index (κ1) is 11.0. The molecule has 0 spiro atoms. The van der Waals surface area contributed by atoms with E-state index < -0.39 is 5.60 Å². The second kappa shape index (κ2) is 3.95. The van der Waals surface area contributed by atoms with Gasteiger partial charge in [-0.3, -0.25) is 4.79 Å². The minimum Gasteiger partial charge on any atom is -0.369 e. The van der Waals surface area contributed by atoms with E-state index in [9.17, 15) is 4.79 Å². The van der Waals surface area contributed by atoms with Gasteiger partial charge in [-0.2, -0.15) is 0 Å². The fraction of sp³-hybridized carbons (Fsp3) is 0.533. The highest BCUT2D eigenvalue weighted by molar-refractivity contribution is 6.08. The average molecular weight is 230 g/mol. The van der Waals surface area contributed by atoms with Crippen molar-refractivity contribution in [1.82, 2.24) is 0 Å². The molecule has 2 atom stereocenters. The lowest BCUT2D eigenvalue weighted by Gasteiger charge is -2.31. The zero-order valence-corrected chi connectivity index (χ0v) is 10.2. The average Bonchev–Trinajstić information content (AvgIpc) is 2.55. The molecule has 0 bridgehead atoms. The van der Waals surface area contributed by atoms with Crippen LogP contribution in [0.5, 0.6) is 0 Å². The van der Waals surface area contributed by atoms with Crippen LogP contribution in [0.3, 0.4) is 0 Å². The molecule has 0 amide bonds. The number of fused-ring (bicyclic) bond motifs is 3. The van der Waals surface area contributed by atoms with E-state index >= 15 is 0 Å². The SMILES string of the molecule is CO[C@]12CCCCC[C@@H]1c1ccccc1C2=O. The first-order chi connectivity index (χ1) is 8.29. The molecule has 0 aliphatic heterocycles. The van der Waals surface area contributed by atoms with E-state index in [1.165, 1.54) is 18.4 Å². The van der Waals surface area contributed by atoms with Gasteiger partial charge in [0.15, 0.2) is 5.78 Å². The maximum absolute atomic E-state index is 12.6. The molecule has 2 aliphatic carbocycles. The number of Topliss-reactive ketones (excluding diaryl/α,β-unsaturated/α-hetero) is 1. The summed E-state index contributed by atoms with van der Waals surface area (Å²) < 4.78 is 5.73. The number of hydrogen-bond acceptors (Lipinski definition) is 2. The van der Waals surface area contributed by atoms with E-state index in [-0.39, 0.29) is 11.7 Å². The smallest absolute Gasteiger partial charge is 0.195 e. The lowest BCUT2D eigenvalue weighted by atomic mass is 9.83. The van der Waals surface area contributed by atoms with Crippen molar-refractivity contribution in [3.05, 3.63) is 35.4 Å². The van der Waals surface area contributed by atoms with Gasteiger partial charge in [-0.25, -0.2) is 0 Å². The van der Waals surface area contributed by atoms with Crippen LogP contribution < -0.4 is 0 Å². The third kappa shape index (κ3) is 1.40. The van der Waals surface area contributed by atoms with Gasteiger partial charge in [-0.1, -0.05) is 43.5 Å². The first-order valence-electron chi connectivity index (χ1n) is 6.48. The third-order valence-electron chi connectivity index (χ3n) is 4.43. The van der Waals surface area contributed by atoms with Crippen LogP contribution in [0, 0.1) is 0 Å². The van der Waals surface area contributed by atoms with Crippen LogP contribution in [0.4, 0.5) is 0 Å². The number of benzene rings is 1. The molecule has 17 heavy (non-hydrogen) atoms. The summed E-state index contributed by atoms with van der Waals surface area (Å²) in [6.07, 6.45) is 5.48. The normalized spacial score (nSPS) is 31.8. The van der Waals surface area contributed by atoms with Crippen molar-refractivity contribution in [2.45, 2.75) is 43.6 Å². The monoisotopic (exact) mass is 230 g/mol.